The summed E-state index contributed by atoms with van der Waals surface area (Å²) in [6.45, 7) is 0.545. The Morgan fingerprint density at radius 1 is 1.09 bits per heavy atom. The molecule has 2 fully saturated rings. The molecule has 2 aromatic carbocycles. The molecule has 0 unspecified atom stereocenters. The standard InChI is InChI=1S/C25H24F3N3O3S/c26-25(27,28)34-19-10-11-21-22(15-29)24(31(23(21)14-19)13-12-16-4-5-16)17-6-8-18(9-7-17)30-35(32,33)20-2-1-3-20/h6-11,14,16,20,30H,1-5,12-13H2. The number of ether oxygens (including phenoxy) is 1. The van der Waals surface area contributed by atoms with Crippen LogP contribution in [0.3, 0.4) is 0 Å². The first-order valence-electron chi connectivity index (χ1n) is 11.6. The van der Waals surface area contributed by atoms with Crippen LogP contribution in [-0.4, -0.2) is 24.6 Å². The Morgan fingerprint density at radius 2 is 1.80 bits per heavy atom. The molecule has 1 aromatic heterocycles. The van der Waals surface area contributed by atoms with Crippen LogP contribution in [0.1, 0.15) is 44.1 Å². The maximum absolute atomic E-state index is 12.8. The molecule has 2 aliphatic carbocycles. The van der Waals surface area contributed by atoms with Crippen LogP contribution < -0.4 is 9.46 Å². The molecule has 10 heteroatoms. The van der Waals surface area contributed by atoms with Gasteiger partial charge in [-0.05, 0) is 55.0 Å². The van der Waals surface area contributed by atoms with Crippen molar-refractivity contribution >= 4 is 26.6 Å². The molecule has 0 radical (unpaired) electrons. The molecule has 1 N–H and O–H groups in total. The van der Waals surface area contributed by atoms with Crippen LogP contribution in [0, 0.1) is 17.2 Å². The molecule has 2 aliphatic rings. The average molecular weight is 504 g/mol. The molecule has 6 nitrogen and oxygen atoms in total. The summed E-state index contributed by atoms with van der Waals surface area (Å²) in [4.78, 5) is 0. The number of fused-ring (bicyclic) bond motifs is 1. The number of nitrogens with one attached hydrogen (secondary N) is 1. The summed E-state index contributed by atoms with van der Waals surface area (Å²) in [6.07, 6.45) is 0.493. The fraction of sp³-hybridized carbons (Fsp3) is 0.400. The van der Waals surface area contributed by atoms with Gasteiger partial charge in [0.1, 0.15) is 11.8 Å². The SMILES string of the molecule is N#Cc1c(-c2ccc(NS(=O)(=O)C3CCC3)cc2)n(CCC2CC2)c2cc(OC(F)(F)F)ccc12. The van der Waals surface area contributed by atoms with E-state index in [4.69, 9.17) is 0 Å². The van der Waals surface area contributed by atoms with Crippen LogP contribution in [0.4, 0.5) is 18.9 Å². The number of nitriles is 1. The predicted octanol–water partition coefficient (Wildman–Crippen LogP) is 6.17. The second-order valence-corrected chi connectivity index (χ2v) is 11.2. The molecule has 0 saturated heterocycles. The Morgan fingerprint density at radius 3 is 2.37 bits per heavy atom. The first-order valence-corrected chi connectivity index (χ1v) is 13.1. The number of rotatable bonds is 8. The Bertz CT molecular complexity index is 1400. The summed E-state index contributed by atoms with van der Waals surface area (Å²) in [7, 11) is -3.44. The molecule has 0 amide bonds. The fourth-order valence-corrected chi connectivity index (χ4v) is 6.10. The molecule has 0 atom stereocenters. The van der Waals surface area contributed by atoms with E-state index in [-0.39, 0.29) is 11.0 Å². The third-order valence-electron chi connectivity index (χ3n) is 6.75. The number of halogens is 3. The minimum atomic E-state index is -4.82. The molecular formula is C25H24F3N3O3S. The minimum Gasteiger partial charge on any atom is -0.406 e. The highest BCUT2D eigenvalue weighted by molar-refractivity contribution is 7.93. The third kappa shape index (κ3) is 4.96. The highest BCUT2D eigenvalue weighted by Gasteiger charge is 2.32. The van der Waals surface area contributed by atoms with E-state index in [1.165, 1.54) is 18.2 Å². The Hall–Kier alpha value is -3.19. The zero-order chi connectivity index (χ0) is 24.8. The Balaban J connectivity index is 1.54. The number of aromatic nitrogens is 1. The first-order chi connectivity index (χ1) is 16.6. The van der Waals surface area contributed by atoms with Gasteiger partial charge in [0.05, 0.1) is 22.0 Å². The van der Waals surface area contributed by atoms with Gasteiger partial charge in [-0.15, -0.1) is 13.2 Å². The summed E-state index contributed by atoms with van der Waals surface area (Å²) in [5.74, 6) is 0.232. The first kappa shape index (κ1) is 23.5. The van der Waals surface area contributed by atoms with Gasteiger partial charge in [0.2, 0.25) is 10.0 Å². The summed E-state index contributed by atoms with van der Waals surface area (Å²) < 4.78 is 72.0. The van der Waals surface area contributed by atoms with Crippen molar-refractivity contribution in [3.63, 3.8) is 0 Å². The van der Waals surface area contributed by atoms with Gasteiger partial charge >= 0.3 is 6.36 Å². The number of benzene rings is 2. The van der Waals surface area contributed by atoms with Crippen LogP contribution >= 0.6 is 0 Å². The second kappa shape index (κ2) is 8.79. The largest absolute Gasteiger partial charge is 0.573 e. The lowest BCUT2D eigenvalue weighted by atomic mass is 10.0. The zero-order valence-electron chi connectivity index (χ0n) is 18.8. The molecule has 0 spiro atoms. The van der Waals surface area contributed by atoms with Crippen LogP contribution in [0.15, 0.2) is 42.5 Å². The van der Waals surface area contributed by atoms with Crippen molar-refractivity contribution in [1.29, 1.82) is 5.26 Å². The molecule has 0 aliphatic heterocycles. The quantitative estimate of drug-likeness (QED) is 0.398. The van der Waals surface area contributed by atoms with Crippen molar-refractivity contribution in [2.24, 2.45) is 5.92 Å². The summed E-state index contributed by atoms with van der Waals surface area (Å²) in [5.41, 5.74) is 2.56. The van der Waals surface area contributed by atoms with E-state index >= 15 is 0 Å². The number of hydrogen-bond acceptors (Lipinski definition) is 4. The lowest BCUT2D eigenvalue weighted by Crippen LogP contribution is -2.33. The number of nitrogens with zero attached hydrogens (tertiary/aromatic N) is 2. The van der Waals surface area contributed by atoms with Gasteiger partial charge < -0.3 is 9.30 Å². The number of aryl methyl sites for hydroxylation is 1. The smallest absolute Gasteiger partial charge is 0.406 e. The monoisotopic (exact) mass is 503 g/mol. The Labute approximate surface area is 201 Å². The molecule has 184 valence electrons. The van der Waals surface area contributed by atoms with Crippen LogP contribution in [0.25, 0.3) is 22.2 Å². The molecule has 1 heterocycles. The van der Waals surface area contributed by atoms with E-state index in [0.29, 0.717) is 58.7 Å². The predicted molar refractivity (Wildman–Crippen MR) is 126 cm³/mol. The van der Waals surface area contributed by atoms with E-state index in [9.17, 15) is 26.9 Å². The summed E-state index contributed by atoms with van der Waals surface area (Å²) in [5, 5.41) is 10.1. The van der Waals surface area contributed by atoms with Gasteiger partial charge in [0, 0.05) is 23.7 Å². The third-order valence-corrected chi connectivity index (χ3v) is 8.62. The lowest BCUT2D eigenvalue weighted by Gasteiger charge is -2.25. The molecule has 5 rings (SSSR count). The van der Waals surface area contributed by atoms with E-state index in [1.807, 2.05) is 4.57 Å². The highest BCUT2D eigenvalue weighted by Crippen LogP contribution is 2.39. The number of hydrogen-bond donors (Lipinski definition) is 1. The van der Waals surface area contributed by atoms with E-state index in [2.05, 4.69) is 15.5 Å². The van der Waals surface area contributed by atoms with Crippen LogP contribution in [0.2, 0.25) is 0 Å². The zero-order valence-corrected chi connectivity index (χ0v) is 19.6. The van der Waals surface area contributed by atoms with Gasteiger partial charge in [-0.3, -0.25) is 4.72 Å². The van der Waals surface area contributed by atoms with Crippen molar-refractivity contribution in [3.05, 3.63) is 48.0 Å². The molecule has 35 heavy (non-hydrogen) atoms. The van der Waals surface area contributed by atoms with Crippen molar-refractivity contribution in [3.8, 4) is 23.1 Å². The molecule has 3 aromatic rings. The van der Waals surface area contributed by atoms with Crippen molar-refractivity contribution in [2.75, 3.05) is 4.72 Å². The van der Waals surface area contributed by atoms with Crippen molar-refractivity contribution in [1.82, 2.24) is 4.57 Å². The number of alkyl halides is 3. The summed E-state index contributed by atoms with van der Waals surface area (Å²) in [6, 6.07) is 13.0. The maximum Gasteiger partial charge on any atom is 0.573 e. The van der Waals surface area contributed by atoms with Gasteiger partial charge in [0.25, 0.3) is 0 Å². The second-order valence-electron chi connectivity index (χ2n) is 9.22. The molecule has 0 bridgehead atoms. The van der Waals surface area contributed by atoms with Crippen molar-refractivity contribution in [2.45, 2.75) is 56.7 Å². The van der Waals surface area contributed by atoms with E-state index in [0.717, 1.165) is 25.7 Å². The Kier molecular flexibility index (Phi) is 5.91. The topological polar surface area (TPSA) is 84.1 Å². The van der Waals surface area contributed by atoms with Crippen molar-refractivity contribution < 1.29 is 26.3 Å². The van der Waals surface area contributed by atoms with E-state index in [1.54, 1.807) is 24.3 Å². The fourth-order valence-electron chi connectivity index (χ4n) is 4.51. The highest BCUT2D eigenvalue weighted by atomic mass is 32.2. The van der Waals surface area contributed by atoms with Crippen LogP contribution in [-0.2, 0) is 16.6 Å². The number of anilines is 1. The van der Waals surface area contributed by atoms with Gasteiger partial charge in [-0.25, -0.2) is 8.42 Å². The normalized spacial score (nSPS) is 16.6. The maximum atomic E-state index is 12.8. The molecular weight excluding hydrogens is 479 g/mol. The van der Waals surface area contributed by atoms with Gasteiger partial charge in [-0.2, -0.15) is 5.26 Å². The van der Waals surface area contributed by atoms with E-state index < -0.39 is 16.4 Å². The van der Waals surface area contributed by atoms with Gasteiger partial charge in [0.15, 0.2) is 0 Å². The minimum absolute atomic E-state index is 0.341. The lowest BCUT2D eigenvalue weighted by molar-refractivity contribution is -0.274. The average Bonchev–Trinajstić information content (AvgIpc) is 3.51. The molecule has 2 saturated carbocycles. The van der Waals surface area contributed by atoms with Crippen LogP contribution in [0.5, 0.6) is 5.75 Å². The number of sulfonamides is 1. The van der Waals surface area contributed by atoms with Gasteiger partial charge in [-0.1, -0.05) is 31.4 Å². The summed E-state index contributed by atoms with van der Waals surface area (Å²) >= 11 is 0.